The zero-order valence-corrected chi connectivity index (χ0v) is 21.5. The van der Waals surface area contributed by atoms with Crippen molar-refractivity contribution >= 4 is 23.6 Å². The van der Waals surface area contributed by atoms with Gasteiger partial charge in [0, 0.05) is 36.1 Å². The molecule has 2 atom stereocenters. The molecule has 0 radical (unpaired) electrons. The molecule has 2 N–H and O–H groups in total. The number of amides is 1. The molecule has 1 saturated carbocycles. The summed E-state index contributed by atoms with van der Waals surface area (Å²) in [6, 6.07) is 5.95. The van der Waals surface area contributed by atoms with Crippen LogP contribution >= 0.6 is 0 Å². The van der Waals surface area contributed by atoms with Crippen molar-refractivity contribution in [1.82, 2.24) is 9.91 Å². The number of aliphatic carboxylic acids is 2. The van der Waals surface area contributed by atoms with Crippen molar-refractivity contribution in [2.24, 2.45) is 16.9 Å². The summed E-state index contributed by atoms with van der Waals surface area (Å²) >= 11 is 0. The Labute approximate surface area is 212 Å². The van der Waals surface area contributed by atoms with Crippen molar-refractivity contribution < 1.29 is 34.1 Å². The van der Waals surface area contributed by atoms with Gasteiger partial charge in [0.25, 0.3) is 0 Å². The van der Waals surface area contributed by atoms with Crippen LogP contribution in [-0.4, -0.2) is 85.1 Å². The summed E-state index contributed by atoms with van der Waals surface area (Å²) in [6.07, 6.45) is 7.41. The fraction of sp³-hybridized carbons (Fsp3) is 0.538. The summed E-state index contributed by atoms with van der Waals surface area (Å²) in [5, 5.41) is 22.2. The summed E-state index contributed by atoms with van der Waals surface area (Å²) < 4.78 is 10.9. The van der Waals surface area contributed by atoms with Gasteiger partial charge in [0.15, 0.2) is 11.5 Å². The normalized spacial score (nSPS) is 19.3. The molecule has 1 fully saturated rings. The lowest BCUT2D eigenvalue weighted by molar-refractivity contribution is -0.139. The lowest BCUT2D eigenvalue weighted by Gasteiger charge is -2.38. The van der Waals surface area contributed by atoms with E-state index in [1.165, 1.54) is 0 Å². The quantitative estimate of drug-likeness (QED) is 0.368. The molecule has 36 heavy (non-hydrogen) atoms. The SMILES string of the molecule is COc1ccc(C2=NN(CCCCN(C)C)C(=O)C3CCCCC23)cc1OC.O=C(O)C=CC(=O)O. The molecule has 1 heterocycles. The molecule has 1 aromatic rings. The predicted octanol–water partition coefficient (Wildman–Crippen LogP) is 3.11. The van der Waals surface area contributed by atoms with Crippen LogP contribution in [0.4, 0.5) is 0 Å². The topological polar surface area (TPSA) is 129 Å². The molecule has 1 amide bonds. The molecule has 0 aromatic heterocycles. The van der Waals surface area contributed by atoms with E-state index in [0.29, 0.717) is 30.2 Å². The van der Waals surface area contributed by atoms with Gasteiger partial charge in [-0.3, -0.25) is 4.79 Å². The fourth-order valence-corrected chi connectivity index (χ4v) is 4.46. The van der Waals surface area contributed by atoms with Gasteiger partial charge in [-0.25, -0.2) is 14.6 Å². The Kier molecular flexibility index (Phi) is 11.4. The maximum Gasteiger partial charge on any atom is 0.328 e. The number of hydrogen-bond donors (Lipinski definition) is 2. The Bertz CT molecular complexity index is 958. The third kappa shape index (κ3) is 8.37. The van der Waals surface area contributed by atoms with Crippen molar-refractivity contribution in [2.75, 3.05) is 41.4 Å². The molecular formula is C26H37N3O7. The number of unbranched alkanes of at least 4 members (excludes halogenated alkanes) is 1. The molecule has 1 aromatic carbocycles. The maximum absolute atomic E-state index is 13.1. The van der Waals surface area contributed by atoms with E-state index >= 15 is 0 Å². The number of rotatable bonds is 10. The molecule has 2 unspecified atom stereocenters. The van der Waals surface area contributed by atoms with E-state index < -0.39 is 11.9 Å². The predicted molar refractivity (Wildman–Crippen MR) is 135 cm³/mol. The van der Waals surface area contributed by atoms with Crippen LogP contribution in [0.2, 0.25) is 0 Å². The van der Waals surface area contributed by atoms with Crippen LogP contribution in [0.3, 0.4) is 0 Å². The summed E-state index contributed by atoms with van der Waals surface area (Å²) in [4.78, 5) is 34.3. The van der Waals surface area contributed by atoms with Gasteiger partial charge in [0.1, 0.15) is 0 Å². The summed E-state index contributed by atoms with van der Waals surface area (Å²) in [5.74, 6) is -0.636. The first-order valence-corrected chi connectivity index (χ1v) is 12.1. The zero-order chi connectivity index (χ0) is 26.7. The van der Waals surface area contributed by atoms with E-state index in [9.17, 15) is 14.4 Å². The number of carbonyl (C=O) groups excluding carboxylic acids is 1. The first-order valence-electron chi connectivity index (χ1n) is 12.1. The number of hydrogen-bond acceptors (Lipinski definition) is 7. The molecule has 0 spiro atoms. The minimum Gasteiger partial charge on any atom is -0.493 e. The zero-order valence-electron chi connectivity index (χ0n) is 21.5. The molecule has 10 nitrogen and oxygen atoms in total. The average molecular weight is 504 g/mol. The van der Waals surface area contributed by atoms with E-state index in [-0.39, 0.29) is 17.7 Å². The van der Waals surface area contributed by atoms with Gasteiger partial charge < -0.3 is 24.6 Å². The lowest BCUT2D eigenvalue weighted by atomic mass is 9.73. The Morgan fingerprint density at radius 2 is 1.64 bits per heavy atom. The highest BCUT2D eigenvalue weighted by atomic mass is 16.5. The smallest absolute Gasteiger partial charge is 0.328 e. The third-order valence-electron chi connectivity index (χ3n) is 6.19. The number of carbonyl (C=O) groups is 3. The number of nitrogens with zero attached hydrogens (tertiary/aromatic N) is 3. The Morgan fingerprint density at radius 1 is 1.03 bits per heavy atom. The highest BCUT2D eigenvalue weighted by molar-refractivity contribution is 6.07. The van der Waals surface area contributed by atoms with Gasteiger partial charge in [0.05, 0.1) is 19.9 Å². The van der Waals surface area contributed by atoms with Crippen LogP contribution in [0, 0.1) is 11.8 Å². The van der Waals surface area contributed by atoms with Crippen LogP contribution in [0.5, 0.6) is 11.5 Å². The van der Waals surface area contributed by atoms with Crippen molar-refractivity contribution in [3.63, 3.8) is 0 Å². The second-order valence-corrected chi connectivity index (χ2v) is 9.03. The first kappa shape index (κ1) is 28.8. The van der Waals surface area contributed by atoms with Crippen LogP contribution in [0.25, 0.3) is 0 Å². The summed E-state index contributed by atoms with van der Waals surface area (Å²) in [5.41, 5.74) is 2.05. The van der Waals surface area contributed by atoms with E-state index in [4.69, 9.17) is 24.8 Å². The van der Waals surface area contributed by atoms with Crippen LogP contribution in [-0.2, 0) is 14.4 Å². The number of carboxylic acids is 2. The Morgan fingerprint density at radius 3 is 2.19 bits per heavy atom. The van der Waals surface area contributed by atoms with Crippen LogP contribution < -0.4 is 9.47 Å². The monoisotopic (exact) mass is 503 g/mol. The number of hydrazone groups is 1. The van der Waals surface area contributed by atoms with Crippen molar-refractivity contribution in [1.29, 1.82) is 0 Å². The van der Waals surface area contributed by atoms with Gasteiger partial charge in [0.2, 0.25) is 5.91 Å². The summed E-state index contributed by atoms with van der Waals surface area (Å²) in [6.45, 7) is 1.72. The molecule has 0 saturated heterocycles. The second-order valence-electron chi connectivity index (χ2n) is 9.03. The number of methoxy groups -OCH3 is 2. The lowest BCUT2D eigenvalue weighted by Crippen LogP contribution is -2.46. The molecular weight excluding hydrogens is 466 g/mol. The van der Waals surface area contributed by atoms with E-state index in [0.717, 1.165) is 56.3 Å². The average Bonchev–Trinajstić information content (AvgIpc) is 2.86. The van der Waals surface area contributed by atoms with Crippen LogP contribution in [0.15, 0.2) is 35.5 Å². The summed E-state index contributed by atoms with van der Waals surface area (Å²) in [7, 11) is 7.44. The number of carboxylic acid groups (broad SMARTS) is 2. The first-order chi connectivity index (χ1) is 17.2. The van der Waals surface area contributed by atoms with Gasteiger partial charge >= 0.3 is 11.9 Å². The highest BCUT2D eigenvalue weighted by Gasteiger charge is 2.41. The molecule has 198 valence electrons. The second kappa shape index (κ2) is 14.2. The van der Waals surface area contributed by atoms with Gasteiger partial charge in [-0.2, -0.15) is 5.10 Å². The standard InChI is InChI=1S/C22H33N3O3.C4H4O4/c1-24(2)13-7-8-14-25-22(26)18-10-6-5-9-17(18)21(23-25)16-11-12-19(27-3)20(15-16)28-4;5-3(6)1-2-4(7)8/h11-12,15,17-18H,5-10,13-14H2,1-4H3;1-2H,(H,5,6)(H,7,8). The largest absolute Gasteiger partial charge is 0.493 e. The van der Waals surface area contributed by atoms with Gasteiger partial charge in [-0.1, -0.05) is 12.8 Å². The maximum atomic E-state index is 13.1. The number of benzene rings is 1. The molecule has 1 aliphatic heterocycles. The Balaban J connectivity index is 0.000000493. The van der Waals surface area contributed by atoms with Crippen molar-refractivity contribution in [3.8, 4) is 11.5 Å². The highest BCUT2D eigenvalue weighted by Crippen LogP contribution is 2.39. The fourth-order valence-electron chi connectivity index (χ4n) is 4.46. The molecule has 3 rings (SSSR count). The van der Waals surface area contributed by atoms with E-state index in [2.05, 4.69) is 19.0 Å². The van der Waals surface area contributed by atoms with Gasteiger partial charge in [-0.05, 0) is 64.5 Å². The third-order valence-corrected chi connectivity index (χ3v) is 6.19. The minimum atomic E-state index is -1.26. The van der Waals surface area contributed by atoms with Crippen molar-refractivity contribution in [3.05, 3.63) is 35.9 Å². The number of fused-ring (bicyclic) bond motifs is 1. The molecule has 1 aliphatic carbocycles. The minimum absolute atomic E-state index is 0.0585. The van der Waals surface area contributed by atoms with E-state index in [1.54, 1.807) is 19.2 Å². The molecule has 2 aliphatic rings. The van der Waals surface area contributed by atoms with E-state index in [1.807, 2.05) is 18.2 Å². The number of ether oxygens (including phenoxy) is 2. The Hall–Kier alpha value is -3.40. The van der Waals surface area contributed by atoms with Crippen molar-refractivity contribution in [2.45, 2.75) is 38.5 Å². The molecule has 0 bridgehead atoms. The van der Waals surface area contributed by atoms with Crippen LogP contribution in [0.1, 0.15) is 44.1 Å². The van der Waals surface area contributed by atoms with Gasteiger partial charge in [-0.15, -0.1) is 0 Å². The molecule has 10 heteroatoms.